The van der Waals surface area contributed by atoms with Crippen LogP contribution in [0.15, 0.2) is 42.7 Å². The fraction of sp³-hybridized carbons (Fsp3) is 0.333. The van der Waals surface area contributed by atoms with Crippen molar-refractivity contribution >= 4 is 15.7 Å². The molecule has 6 nitrogen and oxygen atoms in total. The summed E-state index contributed by atoms with van der Waals surface area (Å²) < 4.78 is 24.4. The first kappa shape index (κ1) is 16.2. The molecule has 0 saturated carbocycles. The van der Waals surface area contributed by atoms with Crippen molar-refractivity contribution in [3.8, 4) is 0 Å². The molecule has 0 aliphatic carbocycles. The van der Waals surface area contributed by atoms with Crippen LogP contribution in [0.1, 0.15) is 22.8 Å². The van der Waals surface area contributed by atoms with Crippen LogP contribution in [0, 0.1) is 0 Å². The minimum Gasteiger partial charge on any atom is -0.348 e. The number of hydrogen-bond donors (Lipinski definition) is 1. The lowest BCUT2D eigenvalue weighted by atomic mass is 10.1. The van der Waals surface area contributed by atoms with E-state index < -0.39 is 9.84 Å². The third-order valence-electron chi connectivity index (χ3n) is 3.02. The zero-order chi connectivity index (χ0) is 16.2. The Bertz CT molecular complexity index is 739. The highest BCUT2D eigenvalue weighted by Crippen LogP contribution is 2.09. The maximum atomic E-state index is 12.2. The van der Waals surface area contributed by atoms with Gasteiger partial charge in [-0.2, -0.15) is 5.10 Å². The number of sulfone groups is 1. The molecule has 1 heterocycles. The molecule has 22 heavy (non-hydrogen) atoms. The number of nitrogens with one attached hydrogen (secondary N) is 1. The Morgan fingerprint density at radius 1 is 1.36 bits per heavy atom. The van der Waals surface area contributed by atoms with Crippen LogP contribution >= 0.6 is 0 Å². The Hall–Kier alpha value is -2.15. The Balaban J connectivity index is 2.01. The number of rotatable bonds is 6. The van der Waals surface area contributed by atoms with Gasteiger partial charge in [-0.05, 0) is 30.7 Å². The number of aromatic nitrogens is 2. The van der Waals surface area contributed by atoms with Crippen molar-refractivity contribution in [2.75, 3.05) is 6.26 Å². The van der Waals surface area contributed by atoms with E-state index in [1.54, 1.807) is 35.1 Å². The highest BCUT2D eigenvalue weighted by atomic mass is 32.2. The van der Waals surface area contributed by atoms with Crippen molar-refractivity contribution in [1.82, 2.24) is 15.1 Å². The summed E-state index contributed by atoms with van der Waals surface area (Å²) in [6, 6.07) is 8.39. The van der Waals surface area contributed by atoms with E-state index >= 15 is 0 Å². The van der Waals surface area contributed by atoms with Gasteiger partial charge in [0.2, 0.25) is 0 Å². The maximum Gasteiger partial charge on any atom is 0.251 e. The van der Waals surface area contributed by atoms with Crippen molar-refractivity contribution in [1.29, 1.82) is 0 Å². The number of benzene rings is 1. The summed E-state index contributed by atoms with van der Waals surface area (Å²) in [6.07, 6.45) is 4.69. The van der Waals surface area contributed by atoms with Crippen LogP contribution in [0.5, 0.6) is 0 Å². The average molecular weight is 321 g/mol. The molecule has 0 fully saturated rings. The molecular formula is C15H19N3O3S. The minimum atomic E-state index is -3.12. The molecular weight excluding hydrogens is 302 g/mol. The molecule has 0 radical (unpaired) electrons. The van der Waals surface area contributed by atoms with Gasteiger partial charge in [0.15, 0.2) is 9.84 Å². The van der Waals surface area contributed by atoms with Crippen LogP contribution in [0.4, 0.5) is 0 Å². The lowest BCUT2D eigenvalue weighted by molar-refractivity contribution is 0.0936. The molecule has 7 heteroatoms. The molecule has 1 aromatic heterocycles. The highest BCUT2D eigenvalue weighted by Gasteiger charge is 2.12. The maximum absolute atomic E-state index is 12.2. The van der Waals surface area contributed by atoms with Gasteiger partial charge in [-0.3, -0.25) is 9.48 Å². The molecule has 1 amide bonds. The van der Waals surface area contributed by atoms with Crippen LogP contribution in [0.2, 0.25) is 0 Å². The molecule has 2 aromatic rings. The molecule has 2 rings (SSSR count). The third-order valence-corrected chi connectivity index (χ3v) is 3.87. The van der Waals surface area contributed by atoms with Crippen molar-refractivity contribution in [2.24, 2.45) is 0 Å². The summed E-state index contributed by atoms with van der Waals surface area (Å²) in [5, 5.41) is 6.96. The lowest BCUT2D eigenvalue weighted by Crippen LogP contribution is -2.35. The van der Waals surface area contributed by atoms with E-state index in [0.717, 1.165) is 0 Å². The number of amides is 1. The third kappa shape index (κ3) is 5.00. The highest BCUT2D eigenvalue weighted by molar-refractivity contribution is 7.89. The van der Waals surface area contributed by atoms with Crippen LogP contribution in [-0.4, -0.2) is 36.4 Å². The molecule has 0 aliphatic heterocycles. The van der Waals surface area contributed by atoms with Gasteiger partial charge in [-0.25, -0.2) is 8.42 Å². The fourth-order valence-corrected chi connectivity index (χ4v) is 2.93. The first-order chi connectivity index (χ1) is 10.3. The van der Waals surface area contributed by atoms with E-state index in [1.165, 1.54) is 6.26 Å². The molecule has 0 bridgehead atoms. The second kappa shape index (κ2) is 6.74. The van der Waals surface area contributed by atoms with E-state index in [1.807, 2.05) is 19.2 Å². The summed E-state index contributed by atoms with van der Waals surface area (Å²) >= 11 is 0. The summed E-state index contributed by atoms with van der Waals surface area (Å²) in [4.78, 5) is 12.2. The molecule has 0 aliphatic rings. The van der Waals surface area contributed by atoms with Crippen LogP contribution < -0.4 is 5.32 Å². The number of carbonyl (C=O) groups is 1. The van der Waals surface area contributed by atoms with Crippen molar-refractivity contribution < 1.29 is 13.2 Å². The predicted octanol–water partition coefficient (Wildman–Crippen LogP) is 1.25. The largest absolute Gasteiger partial charge is 0.348 e. The monoisotopic (exact) mass is 321 g/mol. The average Bonchev–Trinajstić information content (AvgIpc) is 2.89. The summed E-state index contributed by atoms with van der Waals surface area (Å²) in [6.45, 7) is 2.46. The van der Waals surface area contributed by atoms with E-state index in [4.69, 9.17) is 0 Å². The topological polar surface area (TPSA) is 81.1 Å². The molecule has 1 atom stereocenters. The standard InChI is InChI=1S/C15H19N3O3S/c1-12(10-18-8-4-7-16-18)17-15(19)14-6-3-5-13(9-14)11-22(2,20)21/h3-9,12H,10-11H2,1-2H3,(H,17,19). The Kier molecular flexibility index (Phi) is 4.97. The molecule has 118 valence electrons. The van der Waals surface area contributed by atoms with Crippen LogP contribution in [0.3, 0.4) is 0 Å². The van der Waals surface area contributed by atoms with Gasteiger partial charge in [0, 0.05) is 30.3 Å². The number of carbonyl (C=O) groups excluding carboxylic acids is 1. The Labute approximate surface area is 130 Å². The second-order valence-electron chi connectivity index (χ2n) is 5.37. The van der Waals surface area contributed by atoms with Crippen LogP contribution in [0.25, 0.3) is 0 Å². The van der Waals surface area contributed by atoms with E-state index in [9.17, 15) is 13.2 Å². The van der Waals surface area contributed by atoms with Crippen molar-refractivity contribution in [3.63, 3.8) is 0 Å². The summed E-state index contributed by atoms with van der Waals surface area (Å²) in [5.74, 6) is -0.299. The quantitative estimate of drug-likeness (QED) is 0.868. The van der Waals surface area contributed by atoms with Gasteiger partial charge < -0.3 is 5.32 Å². The van der Waals surface area contributed by atoms with Gasteiger partial charge in [-0.1, -0.05) is 12.1 Å². The van der Waals surface area contributed by atoms with E-state index in [0.29, 0.717) is 17.7 Å². The first-order valence-corrected chi connectivity index (χ1v) is 8.94. The minimum absolute atomic E-state index is 0.0725. The van der Waals surface area contributed by atoms with Gasteiger partial charge in [0.25, 0.3) is 5.91 Å². The smallest absolute Gasteiger partial charge is 0.251 e. The van der Waals surface area contributed by atoms with Gasteiger partial charge in [0.1, 0.15) is 0 Å². The number of nitrogens with zero attached hydrogens (tertiary/aromatic N) is 2. The van der Waals surface area contributed by atoms with Crippen molar-refractivity contribution in [2.45, 2.75) is 25.3 Å². The summed E-state index contributed by atoms with van der Waals surface area (Å²) in [5.41, 5.74) is 1.06. The second-order valence-corrected chi connectivity index (χ2v) is 7.51. The zero-order valence-electron chi connectivity index (χ0n) is 12.6. The molecule has 1 aromatic carbocycles. The van der Waals surface area contributed by atoms with Crippen molar-refractivity contribution in [3.05, 3.63) is 53.9 Å². The number of hydrogen-bond acceptors (Lipinski definition) is 4. The normalized spacial score (nSPS) is 12.8. The fourth-order valence-electron chi connectivity index (χ4n) is 2.15. The van der Waals surface area contributed by atoms with E-state index in [-0.39, 0.29) is 17.7 Å². The van der Waals surface area contributed by atoms with Gasteiger partial charge in [-0.15, -0.1) is 0 Å². The lowest BCUT2D eigenvalue weighted by Gasteiger charge is -2.14. The van der Waals surface area contributed by atoms with Gasteiger partial charge in [0.05, 0.1) is 12.3 Å². The molecule has 0 spiro atoms. The summed E-state index contributed by atoms with van der Waals surface area (Å²) in [7, 11) is -3.12. The Morgan fingerprint density at radius 3 is 2.77 bits per heavy atom. The molecule has 1 unspecified atom stereocenters. The molecule has 0 saturated heterocycles. The SMILES string of the molecule is CC(Cn1cccn1)NC(=O)c1cccc(CS(C)(=O)=O)c1. The Morgan fingerprint density at radius 2 is 2.14 bits per heavy atom. The van der Waals surface area contributed by atoms with E-state index in [2.05, 4.69) is 10.4 Å². The molecule has 1 N–H and O–H groups in total. The first-order valence-electron chi connectivity index (χ1n) is 6.88. The zero-order valence-corrected chi connectivity index (χ0v) is 13.4. The van der Waals surface area contributed by atoms with Crippen LogP contribution in [-0.2, 0) is 22.1 Å². The van der Waals surface area contributed by atoms with Gasteiger partial charge >= 0.3 is 0 Å². The predicted molar refractivity (Wildman–Crippen MR) is 84.1 cm³/mol.